The van der Waals surface area contributed by atoms with Crippen LogP contribution >= 0.6 is 0 Å². The van der Waals surface area contributed by atoms with Crippen molar-refractivity contribution < 1.29 is 4.74 Å². The fourth-order valence-electron chi connectivity index (χ4n) is 11.4. The summed E-state index contributed by atoms with van der Waals surface area (Å²) < 4.78 is 7.21. The lowest BCUT2D eigenvalue weighted by molar-refractivity contribution is 0.489. The number of para-hydroxylation sites is 2. The third-order valence-electron chi connectivity index (χ3n) is 14.1. The molecule has 0 saturated heterocycles. The SMILES string of the molecule is CC1(C)c2ccccc2-c2ccc(N(c3ccc4c(c3)-c3ccccc3C43c4ccccc4C=Cc4ccccc43)c3cccc4c3Oc3ccccc3-c3ccccc3-4)cc21. The molecule has 3 aliphatic carbocycles. The van der Waals surface area contributed by atoms with Crippen LogP contribution in [0, 0.1) is 0 Å². The number of nitrogens with zero attached hydrogens (tertiary/aromatic N) is 1. The summed E-state index contributed by atoms with van der Waals surface area (Å²) in [5.41, 5.74) is 22.4. The van der Waals surface area contributed by atoms with E-state index >= 15 is 0 Å². The van der Waals surface area contributed by atoms with E-state index in [-0.39, 0.29) is 5.41 Å². The second kappa shape index (κ2) is 12.9. The lowest BCUT2D eigenvalue weighted by atomic mass is 9.66. The van der Waals surface area contributed by atoms with Crippen LogP contribution in [0.2, 0.25) is 0 Å². The molecule has 4 aliphatic rings. The zero-order valence-electron chi connectivity index (χ0n) is 34.6. The smallest absolute Gasteiger partial charge is 0.159 e. The number of hydrogen-bond acceptors (Lipinski definition) is 2. The van der Waals surface area contributed by atoms with E-state index in [1.165, 1.54) is 72.3 Å². The number of anilines is 3. The van der Waals surface area contributed by atoms with E-state index < -0.39 is 5.41 Å². The Bertz CT molecular complexity index is 3330. The monoisotopic (exact) mass is 791 g/mol. The van der Waals surface area contributed by atoms with E-state index in [0.29, 0.717) is 0 Å². The molecule has 13 rings (SSSR count). The zero-order chi connectivity index (χ0) is 41.2. The summed E-state index contributed by atoms with van der Waals surface area (Å²) >= 11 is 0. The van der Waals surface area contributed by atoms with Crippen LogP contribution in [-0.4, -0.2) is 0 Å². The number of hydrogen-bond donors (Lipinski definition) is 0. The van der Waals surface area contributed by atoms with Crippen LogP contribution in [0.1, 0.15) is 58.4 Å². The number of fused-ring (bicyclic) bond motifs is 17. The van der Waals surface area contributed by atoms with Crippen molar-refractivity contribution in [3.63, 3.8) is 0 Å². The molecule has 0 bridgehead atoms. The summed E-state index contributed by atoms with van der Waals surface area (Å²) in [4.78, 5) is 2.44. The standard InChI is InChI=1S/C60H41NO/c1-59(2)52-26-12-7-20-44(52)46-34-32-41(37-55(46)59)61(56-28-15-23-48-43-19-6-5-18-42(43)47-22-9-14-29-57(47)62-58(48)56)40-33-35-54-49(36-40)45-21-8-13-27-53(45)60(54)50-24-10-3-16-38(50)30-31-39-17-4-11-25-51(39)60/h3-37H,1-2H3. The topological polar surface area (TPSA) is 12.5 Å². The van der Waals surface area contributed by atoms with Gasteiger partial charge in [0.25, 0.3) is 0 Å². The van der Waals surface area contributed by atoms with Gasteiger partial charge in [0, 0.05) is 27.9 Å². The number of benzene rings is 9. The van der Waals surface area contributed by atoms with E-state index in [0.717, 1.165) is 45.3 Å². The molecule has 0 aromatic heterocycles. The van der Waals surface area contributed by atoms with E-state index in [9.17, 15) is 0 Å². The van der Waals surface area contributed by atoms with Crippen LogP contribution in [0.4, 0.5) is 17.1 Å². The number of ether oxygens (including phenoxy) is 1. The Morgan fingerprint density at radius 3 is 1.58 bits per heavy atom. The van der Waals surface area contributed by atoms with Crippen molar-refractivity contribution in [1.29, 1.82) is 0 Å². The zero-order valence-corrected chi connectivity index (χ0v) is 34.6. The first-order valence-electron chi connectivity index (χ1n) is 21.7. The second-order valence-electron chi connectivity index (χ2n) is 17.6. The Morgan fingerprint density at radius 1 is 0.355 bits per heavy atom. The fourth-order valence-corrected chi connectivity index (χ4v) is 11.4. The van der Waals surface area contributed by atoms with Gasteiger partial charge in [0.05, 0.1) is 11.1 Å². The third kappa shape index (κ3) is 4.69. The highest BCUT2D eigenvalue weighted by Gasteiger charge is 2.48. The van der Waals surface area contributed by atoms with Gasteiger partial charge in [-0.3, -0.25) is 0 Å². The molecule has 0 radical (unpaired) electrons. The first kappa shape index (κ1) is 35.1. The van der Waals surface area contributed by atoms with Gasteiger partial charge in [0.2, 0.25) is 0 Å². The molecule has 292 valence electrons. The molecular weight excluding hydrogens is 751 g/mol. The van der Waals surface area contributed by atoms with Gasteiger partial charge >= 0.3 is 0 Å². The first-order chi connectivity index (χ1) is 30.5. The summed E-state index contributed by atoms with van der Waals surface area (Å²) in [6.07, 6.45) is 4.59. The molecule has 1 aliphatic heterocycles. The summed E-state index contributed by atoms with van der Waals surface area (Å²) in [6.45, 7) is 4.72. The maximum atomic E-state index is 7.21. The minimum absolute atomic E-state index is 0.173. The van der Waals surface area contributed by atoms with Gasteiger partial charge in [-0.25, -0.2) is 0 Å². The molecule has 0 atom stereocenters. The molecule has 2 nitrogen and oxygen atoms in total. The molecular formula is C60H41NO. The molecule has 0 N–H and O–H groups in total. The minimum Gasteiger partial charge on any atom is -0.454 e. The maximum Gasteiger partial charge on any atom is 0.159 e. The average molecular weight is 792 g/mol. The van der Waals surface area contributed by atoms with Crippen molar-refractivity contribution in [2.75, 3.05) is 4.90 Å². The van der Waals surface area contributed by atoms with Crippen molar-refractivity contribution in [1.82, 2.24) is 0 Å². The van der Waals surface area contributed by atoms with E-state index in [2.05, 4.69) is 231 Å². The molecule has 9 aromatic carbocycles. The van der Waals surface area contributed by atoms with Crippen molar-refractivity contribution in [2.45, 2.75) is 24.7 Å². The van der Waals surface area contributed by atoms with Crippen molar-refractivity contribution in [3.05, 3.63) is 245 Å². The van der Waals surface area contributed by atoms with Crippen LogP contribution in [-0.2, 0) is 10.8 Å². The predicted molar refractivity (Wildman–Crippen MR) is 256 cm³/mol. The average Bonchev–Trinajstić information content (AvgIpc) is 3.59. The molecule has 0 fully saturated rings. The molecule has 0 amide bonds. The van der Waals surface area contributed by atoms with Crippen LogP contribution in [0.3, 0.4) is 0 Å². The van der Waals surface area contributed by atoms with Crippen LogP contribution in [0.5, 0.6) is 11.5 Å². The third-order valence-corrected chi connectivity index (χ3v) is 14.1. The van der Waals surface area contributed by atoms with Gasteiger partial charge in [-0.15, -0.1) is 0 Å². The summed E-state index contributed by atoms with van der Waals surface area (Å²) in [5, 5.41) is 0. The predicted octanol–water partition coefficient (Wildman–Crippen LogP) is 15.7. The van der Waals surface area contributed by atoms with Crippen LogP contribution < -0.4 is 9.64 Å². The van der Waals surface area contributed by atoms with Crippen molar-refractivity contribution in [2.24, 2.45) is 0 Å². The summed E-state index contributed by atoms with van der Waals surface area (Å²) in [7, 11) is 0. The molecule has 2 heteroatoms. The quantitative estimate of drug-likeness (QED) is 0.177. The molecule has 0 unspecified atom stereocenters. The van der Waals surface area contributed by atoms with Gasteiger partial charge in [-0.2, -0.15) is 0 Å². The van der Waals surface area contributed by atoms with Gasteiger partial charge in [0.1, 0.15) is 5.75 Å². The van der Waals surface area contributed by atoms with E-state index in [1.807, 2.05) is 0 Å². The normalized spacial score (nSPS) is 14.6. The molecule has 1 spiro atoms. The Kier molecular flexibility index (Phi) is 7.31. The van der Waals surface area contributed by atoms with Crippen molar-refractivity contribution >= 4 is 29.2 Å². The van der Waals surface area contributed by atoms with Gasteiger partial charge in [-0.05, 0) is 114 Å². The van der Waals surface area contributed by atoms with E-state index in [4.69, 9.17) is 4.74 Å². The minimum atomic E-state index is -0.504. The highest BCUT2D eigenvalue weighted by molar-refractivity contribution is 5.98. The highest BCUT2D eigenvalue weighted by atomic mass is 16.5. The van der Waals surface area contributed by atoms with Gasteiger partial charge < -0.3 is 9.64 Å². The molecule has 0 saturated carbocycles. The highest BCUT2D eigenvalue weighted by Crippen LogP contribution is 2.60. The van der Waals surface area contributed by atoms with Crippen molar-refractivity contribution in [3.8, 4) is 56.0 Å². The summed E-state index contributed by atoms with van der Waals surface area (Å²) in [6, 6.07) is 73.9. The Hall–Kier alpha value is -7.68. The lowest BCUT2D eigenvalue weighted by Gasteiger charge is -2.35. The number of rotatable bonds is 3. The fraction of sp³-hybridized carbons (Fsp3) is 0.0667. The van der Waals surface area contributed by atoms with Gasteiger partial charge in [-0.1, -0.05) is 190 Å². The molecule has 9 aromatic rings. The Morgan fingerprint density at radius 2 is 0.855 bits per heavy atom. The first-order valence-corrected chi connectivity index (χ1v) is 21.7. The lowest BCUT2D eigenvalue weighted by Crippen LogP contribution is -2.29. The largest absolute Gasteiger partial charge is 0.454 e. The van der Waals surface area contributed by atoms with Crippen LogP contribution in [0.15, 0.2) is 200 Å². The van der Waals surface area contributed by atoms with Crippen LogP contribution in [0.25, 0.3) is 56.7 Å². The maximum absolute atomic E-state index is 7.21. The molecule has 1 heterocycles. The van der Waals surface area contributed by atoms with E-state index in [1.54, 1.807) is 0 Å². The summed E-state index contributed by atoms with van der Waals surface area (Å²) in [5.74, 6) is 1.68. The second-order valence-corrected chi connectivity index (χ2v) is 17.6. The Labute approximate surface area is 362 Å². The Balaban J connectivity index is 1.09. The molecule has 62 heavy (non-hydrogen) atoms. The van der Waals surface area contributed by atoms with Gasteiger partial charge in [0.15, 0.2) is 5.75 Å².